The van der Waals surface area contributed by atoms with Crippen molar-refractivity contribution in [3.05, 3.63) is 81.8 Å². The second kappa shape index (κ2) is 9.70. The molecular weight excluding hydrogens is 493 g/mol. The number of ketones is 1. The number of thioether (sulfide) groups is 1. The Hall–Kier alpha value is -3.00. The molecule has 1 aliphatic heterocycles. The van der Waals surface area contributed by atoms with Crippen LogP contribution in [0.2, 0.25) is 10.0 Å². The Bertz CT molecular complexity index is 1370. The van der Waals surface area contributed by atoms with Gasteiger partial charge in [0.2, 0.25) is 0 Å². The number of carbonyl (C=O) groups excluding carboxylic acids is 1. The van der Waals surface area contributed by atoms with Crippen LogP contribution in [0.4, 0.5) is 0 Å². The summed E-state index contributed by atoms with van der Waals surface area (Å²) in [5, 5.41) is 10.6. The Morgan fingerprint density at radius 3 is 2.50 bits per heavy atom. The third kappa shape index (κ3) is 4.64. The van der Waals surface area contributed by atoms with Crippen molar-refractivity contribution in [1.82, 2.24) is 14.8 Å². The monoisotopic (exact) mass is 511 g/mol. The van der Waals surface area contributed by atoms with E-state index in [4.69, 9.17) is 32.7 Å². The van der Waals surface area contributed by atoms with Crippen molar-refractivity contribution in [2.24, 2.45) is 0 Å². The van der Waals surface area contributed by atoms with Gasteiger partial charge in [-0.25, -0.2) is 0 Å². The van der Waals surface area contributed by atoms with Gasteiger partial charge in [0.05, 0.1) is 11.4 Å². The number of hydrogen-bond acceptors (Lipinski definition) is 6. The quantitative estimate of drug-likeness (QED) is 0.223. The summed E-state index contributed by atoms with van der Waals surface area (Å²) in [4.78, 5) is 13.0. The van der Waals surface area contributed by atoms with Gasteiger partial charge in [0.15, 0.2) is 28.3 Å². The lowest BCUT2D eigenvalue weighted by Gasteiger charge is -2.18. The van der Waals surface area contributed by atoms with E-state index in [0.717, 1.165) is 16.8 Å². The lowest BCUT2D eigenvalue weighted by molar-refractivity contribution is 0.102. The number of benzene rings is 3. The van der Waals surface area contributed by atoms with E-state index in [9.17, 15) is 4.79 Å². The van der Waals surface area contributed by atoms with Gasteiger partial charge >= 0.3 is 0 Å². The van der Waals surface area contributed by atoms with Crippen LogP contribution in [0, 0.1) is 6.92 Å². The molecule has 2 heterocycles. The average Bonchev–Trinajstić information content (AvgIpc) is 3.28. The number of nitrogens with zero attached hydrogens (tertiary/aromatic N) is 3. The van der Waals surface area contributed by atoms with E-state index in [2.05, 4.69) is 10.2 Å². The second-order valence-corrected chi connectivity index (χ2v) is 9.44. The molecule has 0 atom stereocenters. The first-order chi connectivity index (χ1) is 16.5. The van der Waals surface area contributed by atoms with Gasteiger partial charge < -0.3 is 9.47 Å². The highest BCUT2D eigenvalue weighted by Gasteiger charge is 2.20. The Balaban J connectivity index is 1.46. The molecule has 0 aliphatic carbocycles. The van der Waals surface area contributed by atoms with E-state index < -0.39 is 0 Å². The lowest BCUT2D eigenvalue weighted by atomic mass is 10.1. The summed E-state index contributed by atoms with van der Waals surface area (Å²) >= 11 is 13.8. The summed E-state index contributed by atoms with van der Waals surface area (Å²) in [6.45, 7) is 2.92. The number of hydrogen-bond donors (Lipinski definition) is 0. The molecule has 0 N–H and O–H groups in total. The van der Waals surface area contributed by atoms with Crippen LogP contribution in [0.25, 0.3) is 17.1 Å². The summed E-state index contributed by atoms with van der Waals surface area (Å²) < 4.78 is 13.0. The van der Waals surface area contributed by atoms with Gasteiger partial charge in [0.25, 0.3) is 0 Å². The van der Waals surface area contributed by atoms with Crippen molar-refractivity contribution in [3.63, 3.8) is 0 Å². The molecule has 6 nitrogen and oxygen atoms in total. The number of fused-ring (bicyclic) bond motifs is 1. The first-order valence-electron chi connectivity index (χ1n) is 10.5. The topological polar surface area (TPSA) is 66.2 Å². The van der Waals surface area contributed by atoms with Crippen molar-refractivity contribution < 1.29 is 14.3 Å². The molecule has 0 spiro atoms. The maximum Gasteiger partial charge on any atom is 0.196 e. The number of rotatable bonds is 6. The normalized spacial score (nSPS) is 12.6. The smallest absolute Gasteiger partial charge is 0.196 e. The van der Waals surface area contributed by atoms with Crippen molar-refractivity contribution in [1.29, 1.82) is 0 Å². The van der Waals surface area contributed by atoms with Gasteiger partial charge in [-0.1, -0.05) is 41.0 Å². The molecule has 0 radical (unpaired) electrons. The predicted octanol–water partition coefficient (Wildman–Crippen LogP) is 6.30. The molecule has 0 unspecified atom stereocenters. The van der Waals surface area contributed by atoms with E-state index in [1.165, 1.54) is 11.8 Å². The molecule has 0 amide bonds. The highest BCUT2D eigenvalue weighted by Crippen LogP contribution is 2.33. The molecule has 9 heteroatoms. The molecule has 0 fully saturated rings. The molecule has 0 saturated carbocycles. The minimum absolute atomic E-state index is 0.0495. The van der Waals surface area contributed by atoms with Crippen molar-refractivity contribution >= 4 is 40.7 Å². The third-order valence-electron chi connectivity index (χ3n) is 5.35. The Labute approximate surface area is 210 Å². The minimum atomic E-state index is -0.0495. The van der Waals surface area contributed by atoms with Gasteiger partial charge in [0.1, 0.15) is 13.2 Å². The van der Waals surface area contributed by atoms with Crippen LogP contribution in [0.1, 0.15) is 15.9 Å². The fourth-order valence-corrected chi connectivity index (χ4v) is 4.68. The maximum atomic E-state index is 13.0. The van der Waals surface area contributed by atoms with Crippen molar-refractivity contribution in [2.75, 3.05) is 19.0 Å². The number of carbonyl (C=O) groups is 1. The van der Waals surface area contributed by atoms with Crippen LogP contribution in [0.5, 0.6) is 11.5 Å². The van der Waals surface area contributed by atoms with Crippen LogP contribution in [-0.2, 0) is 0 Å². The Kier molecular flexibility index (Phi) is 6.50. The Morgan fingerprint density at radius 2 is 1.74 bits per heavy atom. The summed E-state index contributed by atoms with van der Waals surface area (Å²) in [6.07, 6.45) is 0. The van der Waals surface area contributed by atoms with Crippen LogP contribution in [0.15, 0.2) is 65.8 Å². The van der Waals surface area contributed by atoms with Gasteiger partial charge in [-0.05, 0) is 67.1 Å². The van der Waals surface area contributed by atoms with E-state index in [1.54, 1.807) is 30.3 Å². The molecule has 0 saturated heterocycles. The van der Waals surface area contributed by atoms with Gasteiger partial charge in [-0.15, -0.1) is 10.2 Å². The van der Waals surface area contributed by atoms with Crippen molar-refractivity contribution in [2.45, 2.75) is 12.1 Å². The number of aromatic nitrogens is 3. The molecule has 0 bridgehead atoms. The van der Waals surface area contributed by atoms with Crippen molar-refractivity contribution in [3.8, 4) is 28.6 Å². The first kappa shape index (κ1) is 22.8. The second-order valence-electron chi connectivity index (χ2n) is 7.65. The van der Waals surface area contributed by atoms with Gasteiger partial charge in [-0.3, -0.25) is 9.36 Å². The highest BCUT2D eigenvalue weighted by atomic mass is 35.5. The van der Waals surface area contributed by atoms with E-state index >= 15 is 0 Å². The average molecular weight is 512 g/mol. The van der Waals surface area contributed by atoms with Gasteiger partial charge in [-0.2, -0.15) is 0 Å². The van der Waals surface area contributed by atoms with Crippen LogP contribution < -0.4 is 9.47 Å². The molecular formula is C25H19Cl2N3O3S. The number of halogens is 2. The summed E-state index contributed by atoms with van der Waals surface area (Å²) in [6, 6.07) is 18.4. The van der Waals surface area contributed by atoms with Gasteiger partial charge in [0, 0.05) is 21.2 Å². The molecule has 172 valence electrons. The number of Topliss-reactive ketones (excluding diaryl/α,β-unsaturated/α-hetero) is 1. The zero-order chi connectivity index (χ0) is 23.7. The SMILES string of the molecule is Cc1ccc(-n2c(SCC(=O)c3ccc4c(c3)OCCO4)nnc2-c2ccc(Cl)cc2)cc1Cl. The van der Waals surface area contributed by atoms with E-state index in [-0.39, 0.29) is 11.5 Å². The maximum absolute atomic E-state index is 13.0. The van der Waals surface area contributed by atoms with Crippen LogP contribution >= 0.6 is 35.0 Å². The molecule has 1 aliphatic rings. The molecule has 1 aromatic heterocycles. The fraction of sp³-hybridized carbons (Fsp3) is 0.160. The first-order valence-corrected chi connectivity index (χ1v) is 12.3. The summed E-state index contributed by atoms with van der Waals surface area (Å²) in [5.41, 5.74) is 3.17. The molecule has 34 heavy (non-hydrogen) atoms. The molecule has 4 aromatic rings. The predicted molar refractivity (Wildman–Crippen MR) is 134 cm³/mol. The van der Waals surface area contributed by atoms with Crippen LogP contribution in [0.3, 0.4) is 0 Å². The lowest BCUT2D eigenvalue weighted by Crippen LogP contribution is -2.16. The van der Waals surface area contributed by atoms with E-state index in [1.807, 2.05) is 41.8 Å². The Morgan fingerprint density at radius 1 is 0.971 bits per heavy atom. The standard InChI is InChI=1S/C25H19Cl2N3O3S/c1-15-2-8-19(13-20(15)27)30-24(16-3-6-18(26)7-4-16)28-29-25(30)34-14-21(31)17-5-9-22-23(12-17)33-11-10-32-22/h2-9,12-13H,10-11,14H2,1H3. The minimum Gasteiger partial charge on any atom is -0.486 e. The third-order valence-corrected chi connectivity index (χ3v) is 6.93. The summed E-state index contributed by atoms with van der Waals surface area (Å²) in [5.74, 6) is 2.00. The zero-order valence-electron chi connectivity index (χ0n) is 18.1. The highest BCUT2D eigenvalue weighted by molar-refractivity contribution is 7.99. The van der Waals surface area contributed by atoms with Crippen LogP contribution in [-0.4, -0.2) is 39.5 Å². The molecule has 5 rings (SSSR count). The zero-order valence-corrected chi connectivity index (χ0v) is 20.5. The fourth-order valence-electron chi connectivity index (χ4n) is 3.53. The number of aryl methyl sites for hydroxylation is 1. The number of ether oxygens (including phenoxy) is 2. The van der Waals surface area contributed by atoms with E-state index in [0.29, 0.717) is 51.3 Å². The summed E-state index contributed by atoms with van der Waals surface area (Å²) in [7, 11) is 0. The molecule has 3 aromatic carbocycles. The largest absolute Gasteiger partial charge is 0.486 e.